The van der Waals surface area contributed by atoms with Crippen LogP contribution in [0.1, 0.15) is 84.2 Å². The molecule has 0 aliphatic carbocycles. The number of rotatable bonds is 25. The molecule has 1 amide bonds. The summed E-state index contributed by atoms with van der Waals surface area (Å²) < 4.78 is 78.6. The van der Waals surface area contributed by atoms with Gasteiger partial charge in [-0.3, -0.25) is 23.2 Å². The predicted octanol–water partition coefficient (Wildman–Crippen LogP) is 9.56. The molecular weight excluding hydrogens is 1040 g/mol. The van der Waals surface area contributed by atoms with E-state index in [2.05, 4.69) is 15.0 Å². The van der Waals surface area contributed by atoms with Gasteiger partial charge in [0.25, 0.3) is 5.91 Å². The molecule has 19 nitrogen and oxygen atoms in total. The van der Waals surface area contributed by atoms with Crippen LogP contribution >= 0.6 is 7.75 Å². The van der Waals surface area contributed by atoms with Crippen molar-refractivity contribution >= 4 is 36.4 Å². The van der Waals surface area contributed by atoms with E-state index in [4.69, 9.17) is 47.9 Å². The van der Waals surface area contributed by atoms with Gasteiger partial charge in [0, 0.05) is 36.9 Å². The summed E-state index contributed by atoms with van der Waals surface area (Å²) in [5.74, 6) is 1.22. The van der Waals surface area contributed by atoms with Crippen molar-refractivity contribution in [2.75, 3.05) is 60.5 Å². The number of nitrogens with zero attached hydrogens (tertiary/aromatic N) is 6. The number of Topliss-reactive ketones (excluding diaryl/α,β-unsaturated/α-hetero) is 1. The molecule has 0 radical (unpaired) electrons. The van der Waals surface area contributed by atoms with Crippen LogP contribution in [0.2, 0.25) is 0 Å². The van der Waals surface area contributed by atoms with Crippen LogP contribution in [0.4, 0.5) is 5.82 Å². The number of ketones is 1. The van der Waals surface area contributed by atoms with Crippen molar-refractivity contribution in [3.8, 4) is 17.2 Å². The highest BCUT2D eigenvalue weighted by molar-refractivity contribution is 7.51. The van der Waals surface area contributed by atoms with E-state index in [1.54, 1.807) is 91.1 Å². The topological polar surface area (TPSA) is 210 Å². The maximum Gasteiger partial charge on any atom is 0.409 e. The molecule has 2 N–H and O–H groups in total. The number of fused-ring (bicyclic) bond motifs is 1. The van der Waals surface area contributed by atoms with Crippen LogP contribution in [0.15, 0.2) is 146 Å². The first kappa shape index (κ1) is 57.6. The molecule has 422 valence electrons. The number of carbonyl (C=O) groups is 2. The molecule has 5 aromatic carbocycles. The minimum absolute atomic E-state index is 0.00506. The van der Waals surface area contributed by atoms with Crippen LogP contribution < -0.4 is 19.9 Å². The summed E-state index contributed by atoms with van der Waals surface area (Å²) in [7, 11) is 1.67. The van der Waals surface area contributed by atoms with Gasteiger partial charge in [0.2, 0.25) is 0 Å². The fraction of sp³-hybridized carbons (Fsp3) is 0.383. The van der Waals surface area contributed by atoms with Crippen LogP contribution in [0, 0.1) is 0 Å². The molecule has 0 spiro atoms. The van der Waals surface area contributed by atoms with E-state index in [9.17, 15) is 4.79 Å². The molecule has 2 fully saturated rings. The van der Waals surface area contributed by atoms with Gasteiger partial charge in [-0.25, -0.2) is 24.2 Å². The van der Waals surface area contributed by atoms with Crippen LogP contribution in [-0.4, -0.2) is 138 Å². The molecule has 2 aromatic heterocycles. The maximum atomic E-state index is 16.8. The first-order chi connectivity index (χ1) is 38.7. The Labute approximate surface area is 466 Å². The zero-order valence-electron chi connectivity index (χ0n) is 46.3. The summed E-state index contributed by atoms with van der Waals surface area (Å²) >= 11 is 0. The molecule has 0 saturated carbocycles. The molecule has 2 unspecified atom stereocenters. The normalized spacial score (nSPS) is 19.6. The highest BCUT2D eigenvalue weighted by Gasteiger charge is 2.58. The third-order valence-corrected chi connectivity index (χ3v) is 17.1. The van der Waals surface area contributed by atoms with Gasteiger partial charge in [-0.2, -0.15) is 0 Å². The van der Waals surface area contributed by atoms with E-state index in [1.807, 2.05) is 113 Å². The Morgan fingerprint density at radius 3 is 1.88 bits per heavy atom. The van der Waals surface area contributed by atoms with Crippen LogP contribution in [0.5, 0.6) is 17.2 Å². The maximum absolute atomic E-state index is 16.8. The number of nitrogen functional groups attached to an aromatic ring is 1. The molecule has 0 bridgehead atoms. The average molecular weight is 1110 g/mol. The predicted molar refractivity (Wildman–Crippen MR) is 301 cm³/mol. The number of anilines is 1. The number of amides is 1. The largest absolute Gasteiger partial charge is 0.497 e. The monoisotopic (exact) mass is 1110 g/mol. The Balaban J connectivity index is 1.25. The fourth-order valence-corrected chi connectivity index (χ4v) is 13.2. The smallest absolute Gasteiger partial charge is 0.409 e. The lowest BCUT2D eigenvalue weighted by Gasteiger charge is -2.42. The van der Waals surface area contributed by atoms with Crippen molar-refractivity contribution in [2.45, 2.75) is 94.9 Å². The number of carbonyl (C=O) groups excluding carboxylic acids is 2. The van der Waals surface area contributed by atoms with Crippen molar-refractivity contribution in [2.24, 2.45) is 0 Å². The van der Waals surface area contributed by atoms with Gasteiger partial charge in [0.05, 0.1) is 53.5 Å². The molecular formula is C60H70N7O12P. The third-order valence-electron chi connectivity index (χ3n) is 14.6. The van der Waals surface area contributed by atoms with Gasteiger partial charge < -0.3 is 43.8 Å². The van der Waals surface area contributed by atoms with Crippen LogP contribution in [-0.2, 0) is 38.2 Å². The number of hydrogen-bond acceptors (Lipinski definition) is 16. The second-order valence-corrected chi connectivity index (χ2v) is 22.0. The number of hydrogen-bond donors (Lipinski definition) is 1. The van der Waals surface area contributed by atoms with Crippen molar-refractivity contribution in [1.29, 1.82) is 0 Å². The zero-order valence-corrected chi connectivity index (χ0v) is 47.2. The van der Waals surface area contributed by atoms with Gasteiger partial charge in [-0.05, 0) is 106 Å². The van der Waals surface area contributed by atoms with Crippen LogP contribution in [0.25, 0.3) is 11.2 Å². The third kappa shape index (κ3) is 11.9. The highest BCUT2D eigenvalue weighted by atomic mass is 31.2. The quantitative estimate of drug-likeness (QED) is 0.0244. The van der Waals surface area contributed by atoms with E-state index in [-0.39, 0.29) is 48.3 Å². The number of aromatic nitrogens is 4. The fourth-order valence-electron chi connectivity index (χ4n) is 10.8. The van der Waals surface area contributed by atoms with Crippen molar-refractivity contribution in [3.05, 3.63) is 174 Å². The number of likely N-dealkylation sites (tertiary alicyclic amines) is 1. The van der Waals surface area contributed by atoms with E-state index in [1.165, 1.54) is 12.7 Å². The highest BCUT2D eigenvalue weighted by Crippen LogP contribution is 2.59. The molecule has 2 saturated heterocycles. The Hall–Kier alpha value is -7.06. The number of benzene rings is 5. The first-order valence-corrected chi connectivity index (χ1v) is 28.2. The number of imidazole rings is 1. The van der Waals surface area contributed by atoms with Gasteiger partial charge in [-0.1, -0.05) is 84.9 Å². The van der Waals surface area contributed by atoms with Crippen molar-refractivity contribution < 1.29 is 56.4 Å². The lowest BCUT2D eigenvalue weighted by Crippen LogP contribution is -2.51. The first-order valence-electron chi connectivity index (χ1n) is 26.7. The molecule has 20 heteroatoms. The molecule has 2 aliphatic heterocycles. The summed E-state index contributed by atoms with van der Waals surface area (Å²) in [6.07, 6.45) is -2.91. The van der Waals surface area contributed by atoms with Gasteiger partial charge in [-0.15, -0.1) is 0 Å². The Bertz CT molecular complexity index is 3150. The van der Waals surface area contributed by atoms with Gasteiger partial charge in [0.15, 0.2) is 29.6 Å². The summed E-state index contributed by atoms with van der Waals surface area (Å²) in [6, 6.07) is 38.8. The van der Waals surface area contributed by atoms with E-state index >= 15 is 9.36 Å². The minimum Gasteiger partial charge on any atom is -0.497 e. The SMILES string of the molecule is COCCO[C@@H]1[C@H](OP(=O)(OC[C@@H]2CCCN2C(=O)c2ccc(OC)cc2)N(C(C)C)C(C)C)[C@@H](C(OC(c2ccccc2)(c2ccc(OC)cc2)c2ccc(OC)cc2)C(=O)c2ccccc2)O[C@H]1n1cnc2c(N)ncnc21. The second kappa shape index (κ2) is 25.6. The second-order valence-electron chi connectivity index (χ2n) is 20.1. The Morgan fingerprint density at radius 2 is 1.30 bits per heavy atom. The standard InChI is InChI=1S/C60H70N7O12P/c1-39(2)67(40(3)4)80(70,76-36-46-20-15-33-65(46)58(69)42-21-27-47(72-6)28-22-42)79-54-53(77-59(55(54)75-35-34-71-5)66-38-64-50-56(61)62-37-63-57(50)66)52(51(68)41-16-11-9-12-17-41)78-60(43-18-13-10-14-19-43,44-23-29-48(73-7)30-24-44)45-25-31-49(74-8)32-26-45/h9-14,16-19,21-32,37-40,46,52-55,59H,15,20,33-36H2,1-8H3,(H2,61,62,63)/t46-,52?,53+,54+,55+,59+,80?/m0/s1. The summed E-state index contributed by atoms with van der Waals surface area (Å²) in [5, 5.41) is 0. The van der Waals surface area contributed by atoms with Crippen LogP contribution in [0.3, 0.4) is 0 Å². The molecule has 4 heterocycles. The number of methoxy groups -OCH3 is 4. The summed E-state index contributed by atoms with van der Waals surface area (Å²) in [4.78, 5) is 45.5. The van der Waals surface area contributed by atoms with E-state index in [0.29, 0.717) is 58.9 Å². The minimum atomic E-state index is -4.62. The molecule has 7 aromatic rings. The molecule has 7 atom stereocenters. The van der Waals surface area contributed by atoms with Gasteiger partial charge in [0.1, 0.15) is 53.0 Å². The Kier molecular flexibility index (Phi) is 18.4. The lowest BCUT2D eigenvalue weighted by molar-refractivity contribution is -0.126. The number of nitrogens with two attached hydrogens (primary N) is 1. The zero-order chi connectivity index (χ0) is 56.6. The van der Waals surface area contributed by atoms with Gasteiger partial charge >= 0.3 is 7.75 Å². The van der Waals surface area contributed by atoms with Crippen molar-refractivity contribution in [3.63, 3.8) is 0 Å². The molecule has 2 aliphatic rings. The molecule has 9 rings (SSSR count). The van der Waals surface area contributed by atoms with E-state index in [0.717, 1.165) is 0 Å². The van der Waals surface area contributed by atoms with E-state index < -0.39 is 67.9 Å². The summed E-state index contributed by atoms with van der Waals surface area (Å²) in [5.41, 5.74) is 8.02. The number of ether oxygens (including phenoxy) is 7. The lowest BCUT2D eigenvalue weighted by atomic mass is 9.79. The average Bonchev–Trinajstić information content (AvgIpc) is 4.31. The summed E-state index contributed by atoms with van der Waals surface area (Å²) in [6.45, 7) is 8.02. The van der Waals surface area contributed by atoms with Crippen molar-refractivity contribution in [1.82, 2.24) is 29.1 Å². The Morgan fingerprint density at radius 1 is 0.725 bits per heavy atom. The molecule has 80 heavy (non-hydrogen) atoms.